The van der Waals surface area contributed by atoms with Crippen molar-refractivity contribution >= 4 is 23.2 Å². The van der Waals surface area contributed by atoms with E-state index in [2.05, 4.69) is 10.3 Å². The minimum absolute atomic E-state index is 0.139. The maximum atomic E-state index is 11.8. The molecule has 0 bridgehead atoms. The molecule has 0 amide bonds. The normalized spacial score (nSPS) is 10.3. The van der Waals surface area contributed by atoms with Gasteiger partial charge in [-0.25, -0.2) is 9.78 Å². The molecule has 0 aliphatic rings. The van der Waals surface area contributed by atoms with Crippen molar-refractivity contribution in [1.82, 2.24) is 4.98 Å². The SMILES string of the molecule is CC(C)OC(=O)c1cccc(Nc2ccc(N)nc2)c1. The monoisotopic (exact) mass is 271 g/mol. The van der Waals surface area contributed by atoms with Gasteiger partial charge in [-0.15, -0.1) is 0 Å². The molecule has 1 aromatic carbocycles. The number of anilines is 3. The van der Waals surface area contributed by atoms with Gasteiger partial charge >= 0.3 is 5.97 Å². The Morgan fingerprint density at radius 3 is 2.70 bits per heavy atom. The zero-order valence-corrected chi connectivity index (χ0v) is 11.5. The minimum Gasteiger partial charge on any atom is -0.459 e. The highest BCUT2D eigenvalue weighted by Gasteiger charge is 2.09. The van der Waals surface area contributed by atoms with Gasteiger partial charge in [0.1, 0.15) is 5.82 Å². The smallest absolute Gasteiger partial charge is 0.338 e. The summed E-state index contributed by atoms with van der Waals surface area (Å²) in [6.07, 6.45) is 1.49. The number of ether oxygens (including phenoxy) is 1. The van der Waals surface area contributed by atoms with Crippen molar-refractivity contribution in [1.29, 1.82) is 0 Å². The number of aromatic nitrogens is 1. The Kier molecular flexibility index (Phi) is 4.20. The Morgan fingerprint density at radius 1 is 1.25 bits per heavy atom. The number of pyridine rings is 1. The van der Waals surface area contributed by atoms with Crippen LogP contribution in [0.3, 0.4) is 0 Å². The molecule has 0 unspecified atom stereocenters. The van der Waals surface area contributed by atoms with Gasteiger partial charge in [-0.2, -0.15) is 0 Å². The zero-order chi connectivity index (χ0) is 14.5. The van der Waals surface area contributed by atoms with Gasteiger partial charge in [0.05, 0.1) is 23.6 Å². The predicted molar refractivity (Wildman–Crippen MR) is 78.9 cm³/mol. The van der Waals surface area contributed by atoms with Crippen molar-refractivity contribution in [3.63, 3.8) is 0 Å². The van der Waals surface area contributed by atoms with Gasteiger partial charge in [0.15, 0.2) is 0 Å². The molecule has 1 aromatic heterocycles. The van der Waals surface area contributed by atoms with Gasteiger partial charge in [-0.05, 0) is 44.2 Å². The number of nitrogens with one attached hydrogen (secondary N) is 1. The van der Waals surface area contributed by atoms with Crippen molar-refractivity contribution < 1.29 is 9.53 Å². The summed E-state index contributed by atoms with van der Waals surface area (Å²) in [7, 11) is 0. The van der Waals surface area contributed by atoms with E-state index >= 15 is 0 Å². The number of nitrogens with two attached hydrogens (primary N) is 1. The number of esters is 1. The van der Waals surface area contributed by atoms with Crippen molar-refractivity contribution in [2.75, 3.05) is 11.1 Å². The first-order chi connectivity index (χ1) is 9.54. The van der Waals surface area contributed by atoms with Crippen LogP contribution in [-0.4, -0.2) is 17.1 Å². The Labute approximate surface area is 117 Å². The number of hydrogen-bond acceptors (Lipinski definition) is 5. The lowest BCUT2D eigenvalue weighted by atomic mass is 10.2. The first kappa shape index (κ1) is 13.9. The highest BCUT2D eigenvalue weighted by molar-refractivity contribution is 5.90. The molecule has 0 aliphatic carbocycles. The number of rotatable bonds is 4. The molecule has 5 heteroatoms. The number of nitrogens with zero attached hydrogens (tertiary/aromatic N) is 1. The van der Waals surface area contributed by atoms with Gasteiger partial charge in [0, 0.05) is 5.69 Å². The standard InChI is InChI=1S/C15H17N3O2/c1-10(2)20-15(19)11-4-3-5-12(8-11)18-13-6-7-14(16)17-9-13/h3-10,18H,1-2H3,(H2,16,17). The minimum atomic E-state index is -0.334. The van der Waals surface area contributed by atoms with Gasteiger partial charge in [0.2, 0.25) is 0 Å². The third-order valence-corrected chi connectivity index (χ3v) is 2.52. The van der Waals surface area contributed by atoms with E-state index in [-0.39, 0.29) is 12.1 Å². The quantitative estimate of drug-likeness (QED) is 0.836. The van der Waals surface area contributed by atoms with Gasteiger partial charge in [-0.1, -0.05) is 6.07 Å². The maximum absolute atomic E-state index is 11.8. The van der Waals surface area contributed by atoms with E-state index in [1.165, 1.54) is 0 Å². The average molecular weight is 271 g/mol. The Hall–Kier alpha value is -2.56. The van der Waals surface area contributed by atoms with Crippen LogP contribution in [0.25, 0.3) is 0 Å². The molecule has 0 spiro atoms. The average Bonchev–Trinajstić information content (AvgIpc) is 2.41. The van der Waals surface area contributed by atoms with E-state index in [0.29, 0.717) is 11.4 Å². The molecule has 104 valence electrons. The second-order valence-corrected chi connectivity index (χ2v) is 4.63. The summed E-state index contributed by atoms with van der Waals surface area (Å²) in [5, 5.41) is 3.15. The molecule has 3 N–H and O–H groups in total. The molecular weight excluding hydrogens is 254 g/mol. The predicted octanol–water partition coefficient (Wildman–Crippen LogP) is 2.97. The molecule has 1 heterocycles. The van der Waals surface area contributed by atoms with Crippen molar-refractivity contribution in [2.24, 2.45) is 0 Å². The van der Waals surface area contributed by atoms with Crippen LogP contribution in [0.2, 0.25) is 0 Å². The summed E-state index contributed by atoms with van der Waals surface area (Å²) >= 11 is 0. The molecule has 0 saturated heterocycles. The number of hydrogen-bond donors (Lipinski definition) is 2. The third kappa shape index (κ3) is 3.71. The number of nitrogen functional groups attached to an aromatic ring is 1. The zero-order valence-electron chi connectivity index (χ0n) is 11.5. The summed E-state index contributed by atoms with van der Waals surface area (Å²) in [6.45, 7) is 3.64. The molecule has 0 fully saturated rings. The van der Waals surface area contributed by atoms with Crippen molar-refractivity contribution in [3.05, 3.63) is 48.2 Å². The molecular formula is C15H17N3O2. The lowest BCUT2D eigenvalue weighted by molar-refractivity contribution is 0.0378. The number of benzene rings is 1. The molecule has 0 atom stereocenters. The fourth-order valence-electron chi connectivity index (χ4n) is 1.65. The van der Waals surface area contributed by atoms with E-state index < -0.39 is 0 Å². The van der Waals surface area contributed by atoms with Crippen LogP contribution < -0.4 is 11.1 Å². The van der Waals surface area contributed by atoms with Gasteiger partial charge in [0.25, 0.3) is 0 Å². The van der Waals surface area contributed by atoms with E-state index in [1.807, 2.05) is 26.0 Å². The van der Waals surface area contributed by atoms with Crippen LogP contribution in [0.1, 0.15) is 24.2 Å². The first-order valence-electron chi connectivity index (χ1n) is 6.34. The number of carbonyl (C=O) groups is 1. The molecule has 2 rings (SSSR count). The van der Waals surface area contributed by atoms with E-state index in [4.69, 9.17) is 10.5 Å². The van der Waals surface area contributed by atoms with Crippen LogP contribution in [0.5, 0.6) is 0 Å². The summed E-state index contributed by atoms with van der Waals surface area (Å²) in [6, 6.07) is 10.6. The Balaban J connectivity index is 2.13. The Morgan fingerprint density at radius 2 is 2.05 bits per heavy atom. The lowest BCUT2D eigenvalue weighted by Crippen LogP contribution is -2.11. The highest BCUT2D eigenvalue weighted by Crippen LogP contribution is 2.18. The topological polar surface area (TPSA) is 77.2 Å². The van der Waals surface area contributed by atoms with Gasteiger partial charge in [-0.3, -0.25) is 0 Å². The maximum Gasteiger partial charge on any atom is 0.338 e. The van der Waals surface area contributed by atoms with E-state index in [1.54, 1.807) is 30.5 Å². The van der Waals surface area contributed by atoms with Crippen LogP contribution in [0, 0.1) is 0 Å². The summed E-state index contributed by atoms with van der Waals surface area (Å²) < 4.78 is 5.16. The molecule has 0 radical (unpaired) electrons. The lowest BCUT2D eigenvalue weighted by Gasteiger charge is -2.10. The van der Waals surface area contributed by atoms with Gasteiger partial charge < -0.3 is 15.8 Å². The molecule has 5 nitrogen and oxygen atoms in total. The molecule has 2 aromatic rings. The van der Waals surface area contributed by atoms with E-state index in [0.717, 1.165) is 11.4 Å². The Bertz CT molecular complexity index is 594. The highest BCUT2D eigenvalue weighted by atomic mass is 16.5. The van der Waals surface area contributed by atoms with Crippen LogP contribution >= 0.6 is 0 Å². The largest absolute Gasteiger partial charge is 0.459 e. The molecule has 0 saturated carbocycles. The second-order valence-electron chi connectivity index (χ2n) is 4.63. The van der Waals surface area contributed by atoms with Crippen LogP contribution in [-0.2, 0) is 4.74 Å². The van der Waals surface area contributed by atoms with Crippen LogP contribution in [0.4, 0.5) is 17.2 Å². The third-order valence-electron chi connectivity index (χ3n) is 2.52. The second kappa shape index (κ2) is 6.06. The summed E-state index contributed by atoms with van der Waals surface area (Å²) in [4.78, 5) is 15.8. The molecule has 0 aliphatic heterocycles. The fourth-order valence-corrected chi connectivity index (χ4v) is 1.65. The first-order valence-corrected chi connectivity index (χ1v) is 6.34. The summed E-state index contributed by atoms with van der Waals surface area (Å²) in [5.74, 6) is 0.129. The van der Waals surface area contributed by atoms with E-state index in [9.17, 15) is 4.79 Å². The van der Waals surface area contributed by atoms with Crippen molar-refractivity contribution in [2.45, 2.75) is 20.0 Å². The number of carbonyl (C=O) groups excluding carboxylic acids is 1. The summed E-state index contributed by atoms with van der Waals surface area (Å²) in [5.41, 5.74) is 7.62. The molecule has 20 heavy (non-hydrogen) atoms. The van der Waals surface area contributed by atoms with Crippen LogP contribution in [0.15, 0.2) is 42.6 Å². The van der Waals surface area contributed by atoms with Crippen molar-refractivity contribution in [3.8, 4) is 0 Å². The fraction of sp³-hybridized carbons (Fsp3) is 0.200.